The molecule has 3 N–H and O–H groups in total. The highest BCUT2D eigenvalue weighted by Gasteiger charge is 2.64. The van der Waals surface area contributed by atoms with Crippen LogP contribution in [0.2, 0.25) is 0 Å². The van der Waals surface area contributed by atoms with Crippen LogP contribution in [0.3, 0.4) is 0 Å². The highest BCUT2D eigenvalue weighted by molar-refractivity contribution is 5.94. The number of ether oxygens (including phenoxy) is 1. The number of hydrogen-bond donors (Lipinski definition) is 3. The average molecular weight is 432 g/mol. The summed E-state index contributed by atoms with van der Waals surface area (Å²) in [6.07, 6.45) is 5.66. The number of allylic oxidation sites excluding steroid dienone is 2. The van der Waals surface area contributed by atoms with E-state index >= 15 is 0 Å². The Hall–Kier alpha value is -1.92. The highest BCUT2D eigenvalue weighted by atomic mass is 16.6. The zero-order valence-corrected chi connectivity index (χ0v) is 19.5. The fraction of sp³-hybridized carbons (Fsp3) is 0.680. The molecule has 6 nitrogen and oxygen atoms in total. The Labute approximate surface area is 185 Å². The van der Waals surface area contributed by atoms with Crippen LogP contribution >= 0.6 is 0 Å². The first-order chi connectivity index (χ1) is 14.5. The molecule has 6 heteroatoms. The zero-order valence-electron chi connectivity index (χ0n) is 19.5. The number of nitrogens with one attached hydrogen (secondary N) is 1. The molecule has 1 fully saturated rings. The molecule has 0 aromatic heterocycles. The lowest BCUT2D eigenvalue weighted by Crippen LogP contribution is -2.56. The Morgan fingerprint density at radius 2 is 1.87 bits per heavy atom. The Morgan fingerprint density at radius 3 is 2.52 bits per heavy atom. The summed E-state index contributed by atoms with van der Waals surface area (Å²) in [5.74, 6) is -1.26. The number of aliphatic hydroxyl groups excluding tert-OH is 2. The van der Waals surface area contributed by atoms with Crippen molar-refractivity contribution < 1.29 is 24.5 Å². The van der Waals surface area contributed by atoms with Crippen LogP contribution in [-0.4, -0.2) is 45.9 Å². The average Bonchev–Trinajstić information content (AvgIpc) is 2.94. The second-order valence-electron chi connectivity index (χ2n) is 10.2. The number of carbonyl (C=O) groups excluding carboxylic acids is 2. The van der Waals surface area contributed by atoms with Gasteiger partial charge in [-0.2, -0.15) is 0 Å². The van der Waals surface area contributed by atoms with E-state index in [2.05, 4.69) is 39.1 Å². The van der Waals surface area contributed by atoms with Gasteiger partial charge in [-0.05, 0) is 50.5 Å². The molecular weight excluding hydrogens is 394 g/mol. The van der Waals surface area contributed by atoms with Crippen molar-refractivity contribution in [2.24, 2.45) is 29.6 Å². The van der Waals surface area contributed by atoms with E-state index in [-0.39, 0.29) is 29.7 Å². The minimum atomic E-state index is -1.33. The maximum Gasteiger partial charge on any atom is 0.331 e. The van der Waals surface area contributed by atoms with Crippen LogP contribution < -0.4 is 5.32 Å². The summed E-state index contributed by atoms with van der Waals surface area (Å²) in [5.41, 5.74) is 0.844. The molecule has 3 aliphatic rings. The van der Waals surface area contributed by atoms with Crippen molar-refractivity contribution in [3.63, 3.8) is 0 Å². The number of esters is 1. The van der Waals surface area contributed by atoms with Gasteiger partial charge in [-0.25, -0.2) is 4.79 Å². The molecular formula is C25H37NO5. The summed E-state index contributed by atoms with van der Waals surface area (Å²) in [7, 11) is 0. The van der Waals surface area contributed by atoms with Crippen LogP contribution in [-0.2, 0) is 14.3 Å². The molecule has 172 valence electrons. The first-order valence-corrected chi connectivity index (χ1v) is 11.4. The summed E-state index contributed by atoms with van der Waals surface area (Å²) >= 11 is 0. The third kappa shape index (κ3) is 4.37. The predicted octanol–water partition coefficient (Wildman–Crippen LogP) is 2.91. The van der Waals surface area contributed by atoms with E-state index in [1.807, 2.05) is 19.9 Å². The lowest BCUT2D eigenvalue weighted by molar-refractivity contribution is -0.172. The van der Waals surface area contributed by atoms with Gasteiger partial charge in [0, 0.05) is 24.0 Å². The van der Waals surface area contributed by atoms with Gasteiger partial charge in [-0.1, -0.05) is 51.0 Å². The minimum absolute atomic E-state index is 0.0728. The first-order valence-electron chi connectivity index (χ1n) is 11.4. The topological polar surface area (TPSA) is 95.9 Å². The van der Waals surface area contributed by atoms with E-state index in [0.29, 0.717) is 12.3 Å². The second kappa shape index (κ2) is 8.91. The van der Waals surface area contributed by atoms with Crippen molar-refractivity contribution in [2.75, 3.05) is 0 Å². The first kappa shape index (κ1) is 23.7. The molecule has 0 bridgehead atoms. The third-order valence-electron chi connectivity index (χ3n) is 7.26. The maximum absolute atomic E-state index is 13.5. The Bertz CT molecular complexity index is 813. The molecule has 1 spiro atoms. The van der Waals surface area contributed by atoms with Crippen molar-refractivity contribution in [3.05, 3.63) is 35.5 Å². The molecule has 0 saturated carbocycles. The largest absolute Gasteiger partial charge is 0.444 e. The van der Waals surface area contributed by atoms with Gasteiger partial charge < -0.3 is 20.3 Å². The van der Waals surface area contributed by atoms with E-state index in [9.17, 15) is 19.8 Å². The van der Waals surface area contributed by atoms with E-state index in [0.717, 1.165) is 18.1 Å². The Balaban J connectivity index is 2.15. The Morgan fingerprint density at radius 1 is 1.19 bits per heavy atom. The van der Waals surface area contributed by atoms with Crippen molar-refractivity contribution in [1.29, 1.82) is 0 Å². The number of rotatable bonds is 2. The smallest absolute Gasteiger partial charge is 0.331 e. The van der Waals surface area contributed by atoms with Crippen LogP contribution in [0.25, 0.3) is 0 Å². The SMILES string of the molecule is CC1=C[C@H]2C=C(C)[C@@H](C)[C@H]3[C@H](CC(C)C)NC(=O)[C@@]23OC(=O)/C=C\[C@@H](O)[C@@H](O)[C@@H](C)C1. The summed E-state index contributed by atoms with van der Waals surface area (Å²) < 4.78 is 6.02. The monoisotopic (exact) mass is 431 g/mol. The van der Waals surface area contributed by atoms with Gasteiger partial charge in [-0.3, -0.25) is 4.79 Å². The van der Waals surface area contributed by atoms with Crippen molar-refractivity contribution in [1.82, 2.24) is 5.32 Å². The zero-order chi connectivity index (χ0) is 23.1. The molecule has 0 unspecified atom stereocenters. The molecule has 31 heavy (non-hydrogen) atoms. The lowest BCUT2D eigenvalue weighted by atomic mass is 9.63. The van der Waals surface area contributed by atoms with E-state index in [4.69, 9.17) is 4.74 Å². The molecule has 0 radical (unpaired) electrons. The second-order valence-corrected chi connectivity index (χ2v) is 10.2. The number of aliphatic hydroxyl groups is 2. The highest BCUT2D eigenvalue weighted by Crippen LogP contribution is 2.51. The van der Waals surface area contributed by atoms with E-state index in [1.54, 1.807) is 0 Å². The molecule has 3 rings (SSSR count). The summed E-state index contributed by atoms with van der Waals surface area (Å²) in [4.78, 5) is 26.3. The van der Waals surface area contributed by atoms with Crippen molar-refractivity contribution >= 4 is 11.9 Å². The van der Waals surface area contributed by atoms with E-state index in [1.165, 1.54) is 11.6 Å². The quantitative estimate of drug-likeness (QED) is 0.462. The van der Waals surface area contributed by atoms with Crippen LogP contribution in [0.15, 0.2) is 35.5 Å². The van der Waals surface area contributed by atoms with Gasteiger partial charge in [0.15, 0.2) is 0 Å². The minimum Gasteiger partial charge on any atom is -0.444 e. The number of carbonyl (C=O) groups is 2. The molecule has 8 atom stereocenters. The fourth-order valence-corrected chi connectivity index (χ4v) is 5.66. The standard InChI is InChI=1S/C25H37NO5/c1-13(2)9-19-22-17(6)15(4)12-18-11-14(3)10-16(5)23(29)20(27)7-8-21(28)31-25(18,22)24(30)26-19/h7-8,11-13,16-20,22-23,27,29H,9-10H2,1-6H3,(H,26,30)/b8-7-,14-11?/t16-,17+,18-,19-,20+,22-,23-,25+/m0/s1. The lowest BCUT2D eigenvalue weighted by Gasteiger charge is -2.45. The van der Waals surface area contributed by atoms with Crippen LogP contribution in [0.1, 0.15) is 54.4 Å². The summed E-state index contributed by atoms with van der Waals surface area (Å²) in [6, 6.07) is -0.0848. The predicted molar refractivity (Wildman–Crippen MR) is 119 cm³/mol. The molecule has 1 aliphatic carbocycles. The van der Waals surface area contributed by atoms with Crippen LogP contribution in [0.4, 0.5) is 0 Å². The number of amides is 1. The van der Waals surface area contributed by atoms with Crippen LogP contribution in [0, 0.1) is 29.6 Å². The van der Waals surface area contributed by atoms with Gasteiger partial charge in [-0.15, -0.1) is 0 Å². The summed E-state index contributed by atoms with van der Waals surface area (Å²) in [6.45, 7) is 12.2. The fourth-order valence-electron chi connectivity index (χ4n) is 5.66. The van der Waals surface area contributed by atoms with E-state index < -0.39 is 29.7 Å². The van der Waals surface area contributed by atoms with Gasteiger partial charge in [0.1, 0.15) is 0 Å². The maximum atomic E-state index is 13.5. The van der Waals surface area contributed by atoms with Gasteiger partial charge in [0.05, 0.1) is 12.2 Å². The molecule has 0 aromatic carbocycles. The van der Waals surface area contributed by atoms with Crippen molar-refractivity contribution in [3.8, 4) is 0 Å². The molecule has 2 aliphatic heterocycles. The molecule has 2 heterocycles. The van der Waals surface area contributed by atoms with Gasteiger partial charge in [0.2, 0.25) is 5.60 Å². The Kier molecular flexibility index (Phi) is 6.82. The van der Waals surface area contributed by atoms with Crippen LogP contribution in [0.5, 0.6) is 0 Å². The molecule has 1 saturated heterocycles. The van der Waals surface area contributed by atoms with Crippen molar-refractivity contribution in [2.45, 2.75) is 78.2 Å². The van der Waals surface area contributed by atoms with Gasteiger partial charge in [0.25, 0.3) is 5.91 Å². The van der Waals surface area contributed by atoms with Gasteiger partial charge >= 0.3 is 5.97 Å². The third-order valence-corrected chi connectivity index (χ3v) is 7.26. The summed E-state index contributed by atoms with van der Waals surface area (Å²) in [5, 5.41) is 23.8. The molecule has 0 aromatic rings. The molecule has 1 amide bonds. The number of hydrogen-bond acceptors (Lipinski definition) is 5. The normalized spacial score (nSPS) is 42.3.